The van der Waals surface area contributed by atoms with Gasteiger partial charge in [-0.1, -0.05) is 0 Å². The van der Waals surface area contributed by atoms with Crippen LogP contribution in [-0.4, -0.2) is 20.4 Å². The van der Waals surface area contributed by atoms with Gasteiger partial charge in [0.15, 0.2) is 0 Å². The average Bonchev–Trinajstić information content (AvgIpc) is 1.84. The Hall–Kier alpha value is 0.01000. The van der Waals surface area contributed by atoms with Crippen LogP contribution in [0.15, 0.2) is 0 Å². The van der Waals surface area contributed by atoms with E-state index in [0.717, 1.165) is 7.11 Å². The summed E-state index contributed by atoms with van der Waals surface area (Å²) >= 11 is 0. The molecular weight excluding hydrogens is 153 g/mol. The van der Waals surface area contributed by atoms with Crippen LogP contribution in [0.25, 0.3) is 0 Å². The van der Waals surface area contributed by atoms with Crippen molar-refractivity contribution in [2.24, 2.45) is 0 Å². The quantitative estimate of drug-likeness (QED) is 0.587. The predicted octanol–water partition coefficient (Wildman–Crippen LogP) is 1.70. The van der Waals surface area contributed by atoms with Crippen LogP contribution in [-0.2, 0) is 13.6 Å². The second-order valence-electron chi connectivity index (χ2n) is 1.14. The largest absolute Gasteiger partial charge is 0.512 e. The fourth-order valence-electron chi connectivity index (χ4n) is 0.196. The molecule has 0 spiro atoms. The predicted molar refractivity (Wildman–Crippen MR) is 27.7 cm³/mol. The van der Waals surface area contributed by atoms with Crippen LogP contribution in [0.5, 0.6) is 0 Å². The lowest BCUT2D eigenvalue weighted by atomic mass is 10.9. The molecular formula is C3H7F2O3P. The molecule has 0 aromatic carbocycles. The fraction of sp³-hybridized carbons (Fsp3) is 1.00. The van der Waals surface area contributed by atoms with Crippen molar-refractivity contribution in [2.45, 2.75) is 0 Å². The third-order valence-electron chi connectivity index (χ3n) is 0.541. The van der Waals surface area contributed by atoms with E-state index in [1.165, 1.54) is 0 Å². The molecule has 0 aliphatic heterocycles. The first kappa shape index (κ1) is 9.01. The van der Waals surface area contributed by atoms with Gasteiger partial charge in [0, 0.05) is 7.11 Å². The molecule has 0 aliphatic carbocycles. The molecule has 3 nitrogen and oxygen atoms in total. The summed E-state index contributed by atoms with van der Waals surface area (Å²) in [6, 6.07) is 0. The summed E-state index contributed by atoms with van der Waals surface area (Å²) in [5.41, 5.74) is 0. The summed E-state index contributed by atoms with van der Waals surface area (Å²) in [4.78, 5) is 0. The van der Waals surface area contributed by atoms with Gasteiger partial charge in [-0.2, -0.15) is 0 Å². The average molecular weight is 160 g/mol. The highest BCUT2D eigenvalue weighted by Crippen LogP contribution is 2.48. The molecule has 0 amide bonds. The Morgan fingerprint density at radius 2 is 2.22 bits per heavy atom. The Morgan fingerprint density at radius 3 is 2.56 bits per heavy atom. The van der Waals surface area contributed by atoms with Crippen molar-refractivity contribution in [1.29, 1.82) is 0 Å². The molecule has 0 aliphatic rings. The molecule has 0 aromatic heterocycles. The van der Waals surface area contributed by atoms with Gasteiger partial charge in [-0.15, -0.1) is 4.20 Å². The van der Waals surface area contributed by atoms with Gasteiger partial charge in [-0.05, 0) is 0 Å². The summed E-state index contributed by atoms with van der Waals surface area (Å²) in [5, 5.41) is 0. The summed E-state index contributed by atoms with van der Waals surface area (Å²) in [7, 11) is -3.54. The number of alkyl halides is 1. The van der Waals surface area contributed by atoms with E-state index in [4.69, 9.17) is 0 Å². The molecule has 0 heterocycles. The van der Waals surface area contributed by atoms with E-state index in [1.807, 2.05) is 0 Å². The van der Waals surface area contributed by atoms with E-state index in [9.17, 15) is 13.2 Å². The third kappa shape index (κ3) is 4.51. The SMILES string of the molecule is COP(=O)(F)OCCF. The maximum absolute atomic E-state index is 12.0. The fourth-order valence-corrected chi connectivity index (χ4v) is 0.589. The lowest BCUT2D eigenvalue weighted by molar-refractivity contribution is 0.187. The van der Waals surface area contributed by atoms with Gasteiger partial charge < -0.3 is 0 Å². The highest BCUT2D eigenvalue weighted by molar-refractivity contribution is 7.48. The Morgan fingerprint density at radius 1 is 1.67 bits per heavy atom. The minimum absolute atomic E-state index is 0.540. The van der Waals surface area contributed by atoms with Gasteiger partial charge in [0.25, 0.3) is 0 Å². The monoisotopic (exact) mass is 160 g/mol. The molecule has 0 rings (SSSR count). The molecule has 6 heteroatoms. The Bertz CT molecular complexity index is 118. The van der Waals surface area contributed by atoms with Gasteiger partial charge >= 0.3 is 7.91 Å². The van der Waals surface area contributed by atoms with Crippen molar-refractivity contribution in [2.75, 3.05) is 20.4 Å². The molecule has 1 unspecified atom stereocenters. The van der Waals surface area contributed by atoms with Crippen molar-refractivity contribution >= 4 is 7.91 Å². The summed E-state index contributed by atoms with van der Waals surface area (Å²) in [6.45, 7) is -1.42. The van der Waals surface area contributed by atoms with Gasteiger partial charge in [-0.3, -0.25) is 9.05 Å². The van der Waals surface area contributed by atoms with Crippen LogP contribution in [0.2, 0.25) is 0 Å². The van der Waals surface area contributed by atoms with Crippen molar-refractivity contribution in [1.82, 2.24) is 0 Å². The zero-order chi connectivity index (χ0) is 7.33. The van der Waals surface area contributed by atoms with Gasteiger partial charge in [0.2, 0.25) is 0 Å². The van der Waals surface area contributed by atoms with E-state index in [-0.39, 0.29) is 0 Å². The Labute approximate surface area is 51.6 Å². The smallest absolute Gasteiger partial charge is 0.287 e. The van der Waals surface area contributed by atoms with Crippen molar-refractivity contribution in [3.05, 3.63) is 0 Å². The standard InChI is InChI=1S/C3H7F2O3P/c1-7-9(5,6)8-3-2-4/h2-3H2,1H3. The van der Waals surface area contributed by atoms with Gasteiger partial charge in [-0.25, -0.2) is 8.96 Å². The van der Waals surface area contributed by atoms with E-state index in [2.05, 4.69) is 9.05 Å². The third-order valence-corrected chi connectivity index (χ3v) is 1.47. The van der Waals surface area contributed by atoms with Crippen LogP contribution >= 0.6 is 7.91 Å². The Kier molecular flexibility index (Phi) is 3.93. The molecule has 0 saturated carbocycles. The minimum atomic E-state index is -4.43. The number of rotatable bonds is 4. The molecule has 0 fully saturated rings. The normalized spacial score (nSPS) is 17.2. The second-order valence-corrected chi connectivity index (χ2v) is 2.62. The van der Waals surface area contributed by atoms with Crippen LogP contribution in [0.3, 0.4) is 0 Å². The van der Waals surface area contributed by atoms with Crippen LogP contribution < -0.4 is 0 Å². The topological polar surface area (TPSA) is 35.5 Å². The zero-order valence-corrected chi connectivity index (χ0v) is 5.74. The second kappa shape index (κ2) is 3.93. The Balaban J connectivity index is 3.46. The zero-order valence-electron chi connectivity index (χ0n) is 4.84. The van der Waals surface area contributed by atoms with Gasteiger partial charge in [0.05, 0.1) is 6.61 Å². The molecule has 0 N–H and O–H groups in total. The summed E-state index contributed by atoms with van der Waals surface area (Å²) in [5.74, 6) is 0. The summed E-state index contributed by atoms with van der Waals surface area (Å²) < 4.78 is 40.8. The van der Waals surface area contributed by atoms with E-state index in [0.29, 0.717) is 0 Å². The minimum Gasteiger partial charge on any atom is -0.287 e. The lowest BCUT2D eigenvalue weighted by Crippen LogP contribution is -1.92. The van der Waals surface area contributed by atoms with E-state index in [1.54, 1.807) is 0 Å². The maximum Gasteiger partial charge on any atom is 0.512 e. The molecule has 1 atom stereocenters. The van der Waals surface area contributed by atoms with Crippen molar-refractivity contribution in [3.8, 4) is 0 Å². The molecule has 9 heavy (non-hydrogen) atoms. The first-order valence-corrected chi connectivity index (χ1v) is 3.61. The van der Waals surface area contributed by atoms with E-state index >= 15 is 0 Å². The molecule has 0 aromatic rings. The first-order chi connectivity index (χ1) is 4.12. The van der Waals surface area contributed by atoms with E-state index < -0.39 is 21.2 Å². The highest BCUT2D eigenvalue weighted by atomic mass is 31.2. The van der Waals surface area contributed by atoms with Crippen molar-refractivity contribution < 1.29 is 22.2 Å². The number of hydrogen-bond donors (Lipinski definition) is 0. The van der Waals surface area contributed by atoms with Crippen LogP contribution in [0.4, 0.5) is 8.59 Å². The first-order valence-electron chi connectivity index (χ1n) is 2.18. The molecule has 0 radical (unpaired) electrons. The number of halogens is 2. The molecule has 0 saturated heterocycles. The van der Waals surface area contributed by atoms with Crippen LogP contribution in [0.1, 0.15) is 0 Å². The lowest BCUT2D eigenvalue weighted by Gasteiger charge is -2.02. The highest BCUT2D eigenvalue weighted by Gasteiger charge is 2.20. The number of hydrogen-bond acceptors (Lipinski definition) is 3. The molecule has 0 bridgehead atoms. The molecule has 56 valence electrons. The maximum atomic E-state index is 12.0. The van der Waals surface area contributed by atoms with Crippen LogP contribution in [0, 0.1) is 0 Å². The van der Waals surface area contributed by atoms with Gasteiger partial charge in [0.1, 0.15) is 6.67 Å². The summed E-state index contributed by atoms with van der Waals surface area (Å²) in [6.07, 6.45) is 0. The van der Waals surface area contributed by atoms with Crippen molar-refractivity contribution in [3.63, 3.8) is 0 Å².